The van der Waals surface area contributed by atoms with E-state index in [4.69, 9.17) is 15.6 Å². The summed E-state index contributed by atoms with van der Waals surface area (Å²) < 4.78 is 6.15. The molecular weight excluding hydrogens is 302 g/mol. The summed E-state index contributed by atoms with van der Waals surface area (Å²) in [6.07, 6.45) is 1.59. The number of hydrogen-bond acceptors (Lipinski definition) is 4. The lowest BCUT2D eigenvalue weighted by Crippen LogP contribution is -2.12. The Morgan fingerprint density at radius 3 is 2.88 bits per heavy atom. The van der Waals surface area contributed by atoms with Gasteiger partial charge in [0.1, 0.15) is 12.1 Å². The highest BCUT2D eigenvalue weighted by Gasteiger charge is 2.10. The zero-order valence-electron chi connectivity index (χ0n) is 9.03. The molecule has 1 heterocycles. The van der Waals surface area contributed by atoms with Crippen LogP contribution >= 0.6 is 27.7 Å². The van der Waals surface area contributed by atoms with Gasteiger partial charge in [0, 0.05) is 14.9 Å². The van der Waals surface area contributed by atoms with Crippen LogP contribution in [0.5, 0.6) is 0 Å². The van der Waals surface area contributed by atoms with E-state index in [0.717, 1.165) is 15.1 Å². The quantitative estimate of drug-likeness (QED) is 0.674. The Labute approximate surface area is 111 Å². The summed E-state index contributed by atoms with van der Waals surface area (Å²) in [5.74, 6) is 0.0251. The highest BCUT2D eigenvalue weighted by Crippen LogP contribution is 2.31. The first kappa shape index (κ1) is 12.2. The molecule has 0 aliphatic carbocycles. The average Bonchev–Trinajstić information content (AvgIpc) is 2.66. The van der Waals surface area contributed by atoms with Crippen LogP contribution in [0.15, 0.2) is 43.5 Å². The van der Waals surface area contributed by atoms with Crippen molar-refractivity contribution in [2.75, 3.05) is 0 Å². The molecule has 4 nitrogen and oxygen atoms in total. The van der Waals surface area contributed by atoms with Crippen molar-refractivity contribution in [3.63, 3.8) is 0 Å². The summed E-state index contributed by atoms with van der Waals surface area (Å²) in [5, 5.41) is 8.08. The van der Waals surface area contributed by atoms with E-state index in [1.807, 2.05) is 19.1 Å². The molecule has 0 amide bonds. The molecule has 0 saturated carbocycles. The van der Waals surface area contributed by atoms with Gasteiger partial charge >= 0.3 is 0 Å². The summed E-state index contributed by atoms with van der Waals surface area (Å²) in [4.78, 5) is 5.05. The van der Waals surface area contributed by atoms with Crippen LogP contribution in [0, 0.1) is 12.3 Å². The van der Waals surface area contributed by atoms with Crippen LogP contribution in [0.3, 0.4) is 0 Å². The van der Waals surface area contributed by atoms with E-state index < -0.39 is 0 Å². The highest BCUT2D eigenvalue weighted by atomic mass is 79.9. The minimum absolute atomic E-state index is 0.0251. The molecule has 2 rings (SSSR count). The Hall–Kier alpha value is -1.27. The second-order valence-corrected chi connectivity index (χ2v) is 5.32. The van der Waals surface area contributed by atoms with E-state index in [1.54, 1.807) is 12.3 Å². The van der Waals surface area contributed by atoms with E-state index in [-0.39, 0.29) is 5.84 Å². The predicted molar refractivity (Wildman–Crippen MR) is 70.5 cm³/mol. The number of rotatable bonds is 3. The number of nitrogens with two attached hydrogens (primary N) is 1. The Morgan fingerprint density at radius 2 is 2.29 bits per heavy atom. The molecule has 88 valence electrons. The third-order valence-corrected chi connectivity index (χ3v) is 3.46. The summed E-state index contributed by atoms with van der Waals surface area (Å²) in [5.41, 5.74) is 7.04. The van der Waals surface area contributed by atoms with E-state index >= 15 is 0 Å². The van der Waals surface area contributed by atoms with Gasteiger partial charge in [-0.15, -0.1) is 0 Å². The minimum Gasteiger partial charge on any atom is -0.439 e. The molecule has 6 heteroatoms. The fourth-order valence-electron chi connectivity index (χ4n) is 1.28. The van der Waals surface area contributed by atoms with Crippen molar-refractivity contribution >= 4 is 33.5 Å². The number of benzene rings is 1. The molecule has 0 atom stereocenters. The lowest BCUT2D eigenvalue weighted by atomic mass is 10.2. The maximum absolute atomic E-state index is 7.54. The smallest absolute Gasteiger partial charge is 0.260 e. The van der Waals surface area contributed by atoms with Crippen molar-refractivity contribution < 1.29 is 4.42 Å². The van der Waals surface area contributed by atoms with Crippen LogP contribution in [0.1, 0.15) is 11.3 Å². The van der Waals surface area contributed by atoms with E-state index in [0.29, 0.717) is 10.8 Å². The molecule has 0 aliphatic heterocycles. The van der Waals surface area contributed by atoms with E-state index in [9.17, 15) is 0 Å². The number of hydrogen-bond donors (Lipinski definition) is 2. The van der Waals surface area contributed by atoms with Gasteiger partial charge in [-0.25, -0.2) is 4.98 Å². The van der Waals surface area contributed by atoms with Gasteiger partial charge in [-0.05, 0) is 36.9 Å². The first-order chi connectivity index (χ1) is 8.06. The summed E-state index contributed by atoms with van der Waals surface area (Å²) in [6, 6.07) is 5.58. The second kappa shape index (κ2) is 4.93. The Kier molecular flexibility index (Phi) is 3.54. The van der Waals surface area contributed by atoms with Gasteiger partial charge in [0.05, 0.1) is 5.69 Å². The van der Waals surface area contributed by atoms with Gasteiger partial charge in [-0.2, -0.15) is 0 Å². The fraction of sp³-hybridized carbons (Fsp3) is 0.0909. The summed E-state index contributed by atoms with van der Waals surface area (Å²) in [7, 11) is 0. The molecule has 0 saturated heterocycles. The Balaban J connectivity index is 2.35. The number of aryl methyl sites for hydroxylation is 1. The van der Waals surface area contributed by atoms with Crippen molar-refractivity contribution in [3.05, 3.63) is 40.2 Å². The topological polar surface area (TPSA) is 75.9 Å². The van der Waals surface area contributed by atoms with Gasteiger partial charge in [-0.3, -0.25) is 5.41 Å². The zero-order chi connectivity index (χ0) is 12.4. The van der Waals surface area contributed by atoms with Crippen LogP contribution in [-0.2, 0) is 0 Å². The first-order valence-corrected chi connectivity index (χ1v) is 6.41. The Bertz CT molecular complexity index is 568. The molecule has 3 N–H and O–H groups in total. The molecule has 0 fully saturated rings. The number of nitrogen functional groups attached to an aromatic ring is 1. The second-order valence-electron chi connectivity index (χ2n) is 3.41. The van der Waals surface area contributed by atoms with Gasteiger partial charge in [0.2, 0.25) is 0 Å². The van der Waals surface area contributed by atoms with Gasteiger partial charge < -0.3 is 10.2 Å². The van der Waals surface area contributed by atoms with Crippen LogP contribution in [0.2, 0.25) is 0 Å². The minimum atomic E-state index is 0.0251. The molecule has 1 aromatic carbocycles. The van der Waals surface area contributed by atoms with E-state index in [1.165, 1.54) is 11.8 Å². The number of nitrogens with one attached hydrogen (secondary N) is 1. The molecule has 2 aromatic rings. The maximum Gasteiger partial charge on any atom is 0.260 e. The van der Waals surface area contributed by atoms with Crippen LogP contribution in [-0.4, -0.2) is 10.8 Å². The van der Waals surface area contributed by atoms with Crippen LogP contribution in [0.25, 0.3) is 0 Å². The van der Waals surface area contributed by atoms with Gasteiger partial charge in [-0.1, -0.05) is 15.9 Å². The number of nitrogens with zero attached hydrogens (tertiary/aromatic N) is 1. The molecule has 0 aliphatic rings. The molecule has 0 bridgehead atoms. The molecular formula is C11H10BrN3OS. The van der Waals surface area contributed by atoms with Crippen LogP contribution in [0.4, 0.5) is 0 Å². The average molecular weight is 312 g/mol. The fourth-order valence-corrected chi connectivity index (χ4v) is 2.53. The Morgan fingerprint density at radius 1 is 1.53 bits per heavy atom. The normalized spacial score (nSPS) is 10.5. The molecule has 1 aromatic heterocycles. The SMILES string of the molecule is Cc1coc(Sc2ccc(Br)cc2C(=N)N)n1. The van der Waals surface area contributed by atoms with Crippen molar-refractivity contribution in [2.45, 2.75) is 17.0 Å². The van der Waals surface area contributed by atoms with Crippen molar-refractivity contribution in [1.82, 2.24) is 4.98 Å². The standard InChI is InChI=1S/C11H10BrN3OS/c1-6-5-16-11(15-6)17-9-3-2-7(12)4-8(9)10(13)14/h2-5H,1H3,(H3,13,14). The summed E-state index contributed by atoms with van der Waals surface area (Å²) >= 11 is 4.71. The monoisotopic (exact) mass is 311 g/mol. The number of halogens is 1. The highest BCUT2D eigenvalue weighted by molar-refractivity contribution is 9.10. The number of amidine groups is 1. The number of aromatic nitrogens is 1. The molecule has 0 spiro atoms. The lowest BCUT2D eigenvalue weighted by Gasteiger charge is -2.06. The molecule has 17 heavy (non-hydrogen) atoms. The van der Waals surface area contributed by atoms with Crippen LogP contribution < -0.4 is 5.73 Å². The summed E-state index contributed by atoms with van der Waals surface area (Å²) in [6.45, 7) is 1.86. The predicted octanol–water partition coefficient (Wildman–Crippen LogP) is 3.18. The first-order valence-electron chi connectivity index (χ1n) is 4.80. The maximum atomic E-state index is 7.54. The van der Waals surface area contributed by atoms with Crippen molar-refractivity contribution in [1.29, 1.82) is 5.41 Å². The molecule has 0 unspecified atom stereocenters. The largest absolute Gasteiger partial charge is 0.439 e. The zero-order valence-corrected chi connectivity index (χ0v) is 11.4. The van der Waals surface area contributed by atoms with Crippen molar-refractivity contribution in [2.24, 2.45) is 5.73 Å². The van der Waals surface area contributed by atoms with Crippen molar-refractivity contribution in [3.8, 4) is 0 Å². The number of oxazole rings is 1. The van der Waals surface area contributed by atoms with Gasteiger partial charge in [0.15, 0.2) is 0 Å². The lowest BCUT2D eigenvalue weighted by molar-refractivity contribution is 0.454. The van der Waals surface area contributed by atoms with Gasteiger partial charge in [0.25, 0.3) is 5.22 Å². The molecule has 0 radical (unpaired) electrons. The third kappa shape index (κ3) is 2.89. The third-order valence-electron chi connectivity index (χ3n) is 2.03. The van der Waals surface area contributed by atoms with E-state index in [2.05, 4.69) is 20.9 Å².